The molecule has 3 heteroatoms. The highest BCUT2D eigenvalue weighted by Gasteiger charge is 2.40. The van der Waals surface area contributed by atoms with E-state index < -0.39 is 0 Å². The number of carbonyl (C=O) groups is 1. The Bertz CT molecular complexity index is 276. The molecule has 2 rings (SSSR count). The van der Waals surface area contributed by atoms with Crippen LogP contribution in [-0.2, 0) is 0 Å². The molecule has 0 unspecified atom stereocenters. The van der Waals surface area contributed by atoms with Crippen molar-refractivity contribution >= 4 is 6.03 Å². The van der Waals surface area contributed by atoms with Crippen LogP contribution in [-0.4, -0.2) is 42.0 Å². The van der Waals surface area contributed by atoms with Crippen molar-refractivity contribution in [3.8, 4) is 0 Å². The third kappa shape index (κ3) is 2.33. The maximum Gasteiger partial charge on any atom is 0.320 e. The fourth-order valence-corrected chi connectivity index (χ4v) is 2.99. The van der Waals surface area contributed by atoms with Crippen LogP contribution in [0.5, 0.6) is 0 Å². The van der Waals surface area contributed by atoms with E-state index >= 15 is 0 Å². The van der Waals surface area contributed by atoms with Gasteiger partial charge in [-0.2, -0.15) is 0 Å². The van der Waals surface area contributed by atoms with Gasteiger partial charge in [0.2, 0.25) is 0 Å². The molecule has 3 nitrogen and oxygen atoms in total. The summed E-state index contributed by atoms with van der Waals surface area (Å²) >= 11 is 0. The van der Waals surface area contributed by atoms with Crippen LogP contribution >= 0.6 is 0 Å². The Balaban J connectivity index is 1.79. The van der Waals surface area contributed by atoms with Gasteiger partial charge in [0.05, 0.1) is 0 Å². The van der Waals surface area contributed by atoms with Crippen LogP contribution in [0, 0.1) is 11.3 Å². The molecule has 2 fully saturated rings. The van der Waals surface area contributed by atoms with Crippen molar-refractivity contribution in [3.05, 3.63) is 0 Å². The minimum Gasteiger partial charge on any atom is -0.326 e. The van der Waals surface area contributed by atoms with Gasteiger partial charge in [0.1, 0.15) is 0 Å². The Kier molecular flexibility index (Phi) is 2.89. The van der Waals surface area contributed by atoms with Crippen molar-refractivity contribution in [2.75, 3.05) is 20.1 Å². The quantitative estimate of drug-likeness (QED) is 0.707. The van der Waals surface area contributed by atoms with E-state index in [0.29, 0.717) is 11.5 Å². The van der Waals surface area contributed by atoms with Crippen molar-refractivity contribution in [2.45, 2.75) is 46.1 Å². The van der Waals surface area contributed by atoms with Gasteiger partial charge >= 0.3 is 6.03 Å². The number of nitrogens with zero attached hydrogens (tertiary/aromatic N) is 2. The van der Waals surface area contributed by atoms with E-state index in [0.717, 1.165) is 19.0 Å². The van der Waals surface area contributed by atoms with Gasteiger partial charge in [-0.15, -0.1) is 0 Å². The van der Waals surface area contributed by atoms with Crippen LogP contribution in [0.2, 0.25) is 0 Å². The molecule has 1 heterocycles. The summed E-state index contributed by atoms with van der Waals surface area (Å²) in [6.07, 6.45) is 3.73. The zero-order valence-corrected chi connectivity index (χ0v) is 11.0. The Morgan fingerprint density at radius 3 is 2.31 bits per heavy atom. The van der Waals surface area contributed by atoms with Crippen LogP contribution in [0.25, 0.3) is 0 Å². The molecule has 16 heavy (non-hydrogen) atoms. The molecule has 0 radical (unpaired) electrons. The lowest BCUT2D eigenvalue weighted by atomic mass is 9.71. The minimum absolute atomic E-state index is 0.235. The topological polar surface area (TPSA) is 23.6 Å². The summed E-state index contributed by atoms with van der Waals surface area (Å²) in [5, 5.41) is 0. The monoisotopic (exact) mass is 224 g/mol. The summed E-state index contributed by atoms with van der Waals surface area (Å²) in [5.74, 6) is 0.837. The molecular formula is C13H24N2O. The first kappa shape index (κ1) is 11.7. The first-order chi connectivity index (χ1) is 7.37. The number of urea groups is 1. The molecule has 0 aromatic rings. The molecule has 1 saturated heterocycles. The molecule has 1 saturated carbocycles. The minimum atomic E-state index is 0.235. The lowest BCUT2D eigenvalue weighted by Crippen LogP contribution is -2.47. The third-order valence-corrected chi connectivity index (χ3v) is 3.80. The highest BCUT2D eigenvalue weighted by atomic mass is 16.2. The summed E-state index contributed by atoms with van der Waals surface area (Å²) in [6, 6.07) is 0.768. The van der Waals surface area contributed by atoms with Gasteiger partial charge in [-0.05, 0) is 30.6 Å². The lowest BCUT2D eigenvalue weighted by molar-refractivity contribution is 0.0874. The van der Waals surface area contributed by atoms with Gasteiger partial charge in [0, 0.05) is 26.2 Å². The zero-order valence-electron chi connectivity index (χ0n) is 11.0. The van der Waals surface area contributed by atoms with E-state index in [1.165, 1.54) is 19.3 Å². The number of hydrogen-bond acceptors (Lipinski definition) is 1. The largest absolute Gasteiger partial charge is 0.326 e. The Morgan fingerprint density at radius 1 is 1.25 bits per heavy atom. The molecule has 2 aliphatic rings. The second-order valence-electron chi connectivity index (χ2n) is 6.65. The van der Waals surface area contributed by atoms with Crippen molar-refractivity contribution < 1.29 is 4.79 Å². The molecule has 0 aromatic carbocycles. The number of hydrogen-bond donors (Lipinski definition) is 0. The molecule has 0 N–H and O–H groups in total. The van der Waals surface area contributed by atoms with Crippen LogP contribution in [0.1, 0.15) is 40.0 Å². The van der Waals surface area contributed by atoms with Crippen molar-refractivity contribution in [1.29, 1.82) is 0 Å². The third-order valence-electron chi connectivity index (χ3n) is 3.80. The normalized spacial score (nSPS) is 30.9. The zero-order chi connectivity index (χ0) is 11.9. The number of likely N-dealkylation sites (N-methyl/N-ethyl adjacent to an activating group) is 1. The Hall–Kier alpha value is -0.730. The predicted octanol–water partition coefficient (Wildman–Crippen LogP) is 2.57. The highest BCUT2D eigenvalue weighted by Crippen LogP contribution is 2.40. The standard InChI is InChI=1S/C13H24N2O/c1-13(2,3)9-10-7-11(8-10)15-6-5-14(4)12(15)16/h10-11H,5-9H2,1-4H3/t10-,11-. The van der Waals surface area contributed by atoms with Crippen LogP contribution < -0.4 is 0 Å². The van der Waals surface area contributed by atoms with Crippen molar-refractivity contribution in [3.63, 3.8) is 0 Å². The first-order valence-electron chi connectivity index (χ1n) is 6.38. The van der Waals surface area contributed by atoms with Gasteiger partial charge < -0.3 is 9.80 Å². The Labute approximate surface area is 98.8 Å². The average molecular weight is 224 g/mol. The van der Waals surface area contributed by atoms with Gasteiger partial charge in [0.25, 0.3) is 0 Å². The first-order valence-corrected chi connectivity index (χ1v) is 6.38. The van der Waals surface area contributed by atoms with E-state index in [2.05, 4.69) is 25.7 Å². The van der Waals surface area contributed by atoms with Crippen LogP contribution in [0.15, 0.2) is 0 Å². The number of carbonyl (C=O) groups excluding carboxylic acids is 1. The predicted molar refractivity (Wildman–Crippen MR) is 65.3 cm³/mol. The van der Waals surface area contributed by atoms with E-state index in [-0.39, 0.29) is 6.03 Å². The molecular weight excluding hydrogens is 200 g/mol. The maximum atomic E-state index is 11.8. The van der Waals surface area contributed by atoms with Crippen LogP contribution in [0.4, 0.5) is 4.79 Å². The molecule has 0 spiro atoms. The number of rotatable bonds is 2. The van der Waals surface area contributed by atoms with Gasteiger partial charge in [-0.1, -0.05) is 20.8 Å². The molecule has 1 aliphatic heterocycles. The summed E-state index contributed by atoms with van der Waals surface area (Å²) in [6.45, 7) is 8.74. The smallest absolute Gasteiger partial charge is 0.320 e. The summed E-state index contributed by atoms with van der Waals surface area (Å²) in [5.41, 5.74) is 0.432. The van der Waals surface area contributed by atoms with Crippen molar-refractivity contribution in [1.82, 2.24) is 9.80 Å². The fourth-order valence-electron chi connectivity index (χ4n) is 2.99. The van der Waals surface area contributed by atoms with E-state index in [1.807, 2.05) is 11.9 Å². The second kappa shape index (κ2) is 3.94. The van der Waals surface area contributed by atoms with E-state index in [9.17, 15) is 4.79 Å². The van der Waals surface area contributed by atoms with E-state index in [4.69, 9.17) is 0 Å². The molecule has 0 bridgehead atoms. The van der Waals surface area contributed by atoms with E-state index in [1.54, 1.807) is 0 Å². The molecule has 2 amide bonds. The molecule has 92 valence electrons. The van der Waals surface area contributed by atoms with Gasteiger partial charge in [-0.3, -0.25) is 0 Å². The summed E-state index contributed by atoms with van der Waals surface area (Å²) in [7, 11) is 1.90. The summed E-state index contributed by atoms with van der Waals surface area (Å²) < 4.78 is 0. The Morgan fingerprint density at radius 2 is 1.88 bits per heavy atom. The second-order valence-corrected chi connectivity index (χ2v) is 6.65. The SMILES string of the molecule is CN1CCN([C@H]2C[C@H](CC(C)(C)C)C2)C1=O. The lowest BCUT2D eigenvalue weighted by Gasteiger charge is -2.43. The molecule has 1 aliphatic carbocycles. The van der Waals surface area contributed by atoms with Gasteiger partial charge in [-0.25, -0.2) is 4.79 Å². The average Bonchev–Trinajstić information content (AvgIpc) is 2.39. The maximum absolute atomic E-state index is 11.8. The van der Waals surface area contributed by atoms with Gasteiger partial charge in [0.15, 0.2) is 0 Å². The highest BCUT2D eigenvalue weighted by molar-refractivity contribution is 5.76. The molecule has 0 aromatic heterocycles. The fraction of sp³-hybridized carbons (Fsp3) is 0.923. The number of amides is 2. The molecule has 0 atom stereocenters. The summed E-state index contributed by atoms with van der Waals surface area (Å²) in [4.78, 5) is 15.7. The van der Waals surface area contributed by atoms with Crippen molar-refractivity contribution in [2.24, 2.45) is 11.3 Å². The van der Waals surface area contributed by atoms with Crippen LogP contribution in [0.3, 0.4) is 0 Å².